The predicted molar refractivity (Wildman–Crippen MR) is 80.2 cm³/mol. The fourth-order valence-corrected chi connectivity index (χ4v) is 2.51. The van der Waals surface area contributed by atoms with Crippen LogP contribution in [0.2, 0.25) is 5.02 Å². The monoisotopic (exact) mass is 359 g/mol. The molecule has 0 aliphatic heterocycles. The fraction of sp³-hybridized carbons (Fsp3) is 0.333. The number of halogens is 2. The zero-order valence-corrected chi connectivity index (χ0v) is 13.2. The van der Waals surface area contributed by atoms with Gasteiger partial charge in [-0.3, -0.25) is 15.5 Å². The lowest BCUT2D eigenvalue weighted by molar-refractivity contribution is 0.182. The van der Waals surface area contributed by atoms with E-state index < -0.39 is 0 Å². The number of rotatable bonds is 6. The maximum Gasteiger partial charge on any atom is 0.106 e. The van der Waals surface area contributed by atoms with Gasteiger partial charge in [-0.05, 0) is 28.1 Å². The highest BCUT2D eigenvalue weighted by Crippen LogP contribution is 2.27. The Hall–Kier alpha value is -0.990. The molecule has 8 heteroatoms. The van der Waals surface area contributed by atoms with Crippen molar-refractivity contribution in [1.82, 2.24) is 20.2 Å². The quantitative estimate of drug-likeness (QED) is 0.607. The average molecular weight is 361 g/mol. The lowest BCUT2D eigenvalue weighted by Crippen LogP contribution is -2.32. The van der Waals surface area contributed by atoms with Gasteiger partial charge in [-0.2, -0.15) is 5.10 Å². The summed E-state index contributed by atoms with van der Waals surface area (Å²) in [7, 11) is 1.65. The van der Waals surface area contributed by atoms with Crippen LogP contribution < -0.4 is 11.3 Å². The summed E-state index contributed by atoms with van der Waals surface area (Å²) >= 11 is 9.35. The first kappa shape index (κ1) is 15.4. The molecule has 2 rings (SSSR count). The molecule has 20 heavy (non-hydrogen) atoms. The highest BCUT2D eigenvalue weighted by molar-refractivity contribution is 9.10. The fourth-order valence-electron chi connectivity index (χ4n) is 1.88. The second-order valence-electron chi connectivity index (χ2n) is 4.09. The summed E-state index contributed by atoms with van der Waals surface area (Å²) < 4.78 is 7.77. The molecule has 0 radical (unpaired) electrons. The van der Waals surface area contributed by atoms with E-state index >= 15 is 0 Å². The zero-order chi connectivity index (χ0) is 14.5. The summed E-state index contributed by atoms with van der Waals surface area (Å²) in [6.45, 7) is 1.19. The van der Waals surface area contributed by atoms with Crippen LogP contribution in [0.25, 0.3) is 0 Å². The number of aromatic nitrogens is 3. The van der Waals surface area contributed by atoms with Crippen molar-refractivity contribution < 1.29 is 4.74 Å². The summed E-state index contributed by atoms with van der Waals surface area (Å²) in [5.74, 6) is 5.68. The Balaban J connectivity index is 2.35. The number of nitrogens with zero attached hydrogens (tertiary/aromatic N) is 3. The van der Waals surface area contributed by atoms with E-state index in [1.54, 1.807) is 25.6 Å². The van der Waals surface area contributed by atoms with E-state index in [4.69, 9.17) is 22.2 Å². The molecule has 1 atom stereocenters. The zero-order valence-electron chi connectivity index (χ0n) is 10.9. The molecular weight excluding hydrogens is 346 g/mol. The van der Waals surface area contributed by atoms with Gasteiger partial charge < -0.3 is 4.74 Å². The molecule has 2 aromatic rings. The SMILES string of the molecule is COCCn1ncc(Br)c1C(NN)c1ccc(Cl)cn1. The first-order valence-corrected chi connectivity index (χ1v) is 7.12. The Kier molecular flexibility index (Phi) is 5.50. The molecule has 108 valence electrons. The highest BCUT2D eigenvalue weighted by atomic mass is 79.9. The van der Waals surface area contributed by atoms with Crippen molar-refractivity contribution >= 4 is 27.5 Å². The number of nitrogens with one attached hydrogen (secondary N) is 1. The van der Waals surface area contributed by atoms with Crippen molar-refractivity contribution in [3.63, 3.8) is 0 Å². The van der Waals surface area contributed by atoms with Gasteiger partial charge >= 0.3 is 0 Å². The van der Waals surface area contributed by atoms with Crippen LogP contribution in [-0.4, -0.2) is 28.5 Å². The number of nitrogens with two attached hydrogens (primary N) is 1. The van der Waals surface area contributed by atoms with Crippen LogP contribution in [0.3, 0.4) is 0 Å². The van der Waals surface area contributed by atoms with E-state index in [2.05, 4.69) is 31.4 Å². The maximum absolute atomic E-state index is 5.86. The molecule has 0 saturated carbocycles. The molecule has 2 heterocycles. The number of methoxy groups -OCH3 is 1. The third kappa shape index (κ3) is 3.36. The topological polar surface area (TPSA) is 78.0 Å². The van der Waals surface area contributed by atoms with Gasteiger partial charge in [0.2, 0.25) is 0 Å². The summed E-state index contributed by atoms with van der Waals surface area (Å²) in [5.41, 5.74) is 4.41. The van der Waals surface area contributed by atoms with Crippen LogP contribution in [0.1, 0.15) is 17.4 Å². The van der Waals surface area contributed by atoms with Crippen molar-refractivity contribution in [3.05, 3.63) is 45.4 Å². The van der Waals surface area contributed by atoms with Crippen molar-refractivity contribution in [2.45, 2.75) is 12.6 Å². The van der Waals surface area contributed by atoms with E-state index in [1.165, 1.54) is 0 Å². The van der Waals surface area contributed by atoms with Gasteiger partial charge in [0.25, 0.3) is 0 Å². The molecule has 0 bridgehead atoms. The third-order valence-corrected chi connectivity index (χ3v) is 3.66. The minimum Gasteiger partial charge on any atom is -0.383 e. The second kappa shape index (κ2) is 7.14. The van der Waals surface area contributed by atoms with E-state index in [-0.39, 0.29) is 6.04 Å². The molecule has 0 aliphatic carbocycles. The Bertz CT molecular complexity index is 559. The number of hydrazine groups is 1. The van der Waals surface area contributed by atoms with Gasteiger partial charge in [0, 0.05) is 13.3 Å². The van der Waals surface area contributed by atoms with Crippen LogP contribution in [-0.2, 0) is 11.3 Å². The third-order valence-electron chi connectivity index (χ3n) is 2.83. The van der Waals surface area contributed by atoms with Gasteiger partial charge in [0.15, 0.2) is 0 Å². The molecule has 2 aromatic heterocycles. The van der Waals surface area contributed by atoms with Crippen LogP contribution >= 0.6 is 27.5 Å². The largest absolute Gasteiger partial charge is 0.383 e. The number of hydrogen-bond acceptors (Lipinski definition) is 5. The molecule has 0 spiro atoms. The smallest absolute Gasteiger partial charge is 0.106 e. The molecule has 0 aromatic carbocycles. The van der Waals surface area contributed by atoms with Gasteiger partial charge in [-0.15, -0.1) is 0 Å². The van der Waals surface area contributed by atoms with E-state index in [0.717, 1.165) is 15.9 Å². The van der Waals surface area contributed by atoms with Crippen LogP contribution in [0, 0.1) is 0 Å². The minimum absolute atomic E-state index is 0.291. The van der Waals surface area contributed by atoms with Crippen LogP contribution in [0.15, 0.2) is 29.0 Å². The maximum atomic E-state index is 5.86. The molecule has 0 aliphatic rings. The Morgan fingerprint density at radius 1 is 1.50 bits per heavy atom. The van der Waals surface area contributed by atoms with Crippen molar-refractivity contribution in [1.29, 1.82) is 0 Å². The van der Waals surface area contributed by atoms with Gasteiger partial charge in [-0.1, -0.05) is 11.6 Å². The molecule has 1 unspecified atom stereocenters. The Morgan fingerprint density at radius 3 is 2.90 bits per heavy atom. The number of pyridine rings is 1. The highest BCUT2D eigenvalue weighted by Gasteiger charge is 2.21. The van der Waals surface area contributed by atoms with Crippen molar-refractivity contribution in [2.75, 3.05) is 13.7 Å². The molecule has 0 fully saturated rings. The summed E-state index contributed by atoms with van der Waals surface area (Å²) in [6, 6.07) is 3.31. The van der Waals surface area contributed by atoms with Crippen LogP contribution in [0.4, 0.5) is 0 Å². The lowest BCUT2D eigenvalue weighted by atomic mass is 10.1. The molecule has 0 saturated heterocycles. The van der Waals surface area contributed by atoms with Crippen molar-refractivity contribution in [3.8, 4) is 0 Å². The first-order chi connectivity index (χ1) is 9.67. The summed E-state index contributed by atoms with van der Waals surface area (Å²) in [4.78, 5) is 4.30. The Labute approximate surface area is 130 Å². The normalized spacial score (nSPS) is 12.6. The molecule has 0 amide bonds. The summed E-state index contributed by atoms with van der Waals surface area (Å²) in [6.07, 6.45) is 3.32. The number of hydrogen-bond donors (Lipinski definition) is 2. The lowest BCUT2D eigenvalue weighted by Gasteiger charge is -2.18. The average Bonchev–Trinajstić information content (AvgIpc) is 2.81. The van der Waals surface area contributed by atoms with Crippen molar-refractivity contribution in [2.24, 2.45) is 5.84 Å². The second-order valence-corrected chi connectivity index (χ2v) is 5.39. The first-order valence-electron chi connectivity index (χ1n) is 5.95. The van der Waals surface area contributed by atoms with E-state index in [1.807, 2.05) is 10.7 Å². The number of ether oxygens (including phenoxy) is 1. The predicted octanol–water partition coefficient (Wildman–Crippen LogP) is 1.89. The van der Waals surface area contributed by atoms with Gasteiger partial charge in [-0.25, -0.2) is 5.43 Å². The molecular formula is C12H15BrClN5O. The molecule has 3 N–H and O–H groups in total. The van der Waals surface area contributed by atoms with Gasteiger partial charge in [0.1, 0.15) is 6.04 Å². The van der Waals surface area contributed by atoms with Crippen LogP contribution in [0.5, 0.6) is 0 Å². The van der Waals surface area contributed by atoms with E-state index in [9.17, 15) is 0 Å². The van der Waals surface area contributed by atoms with Gasteiger partial charge in [0.05, 0.1) is 40.2 Å². The summed E-state index contributed by atoms with van der Waals surface area (Å²) in [5, 5.41) is 4.89. The minimum atomic E-state index is -0.291. The Morgan fingerprint density at radius 2 is 2.30 bits per heavy atom. The molecule has 6 nitrogen and oxygen atoms in total. The standard InChI is InChI=1S/C12H15BrClN5O/c1-20-5-4-19-12(9(13)7-17-19)11(18-15)10-3-2-8(14)6-16-10/h2-3,6-7,11,18H,4-5,15H2,1H3. The van der Waals surface area contributed by atoms with E-state index in [0.29, 0.717) is 18.2 Å².